The van der Waals surface area contributed by atoms with E-state index >= 15 is 0 Å². The van der Waals surface area contributed by atoms with Gasteiger partial charge in [-0.25, -0.2) is 4.57 Å². The fourth-order valence-electron chi connectivity index (χ4n) is 3.75. The standard InChI is InChI=1S/C21H32NO5P.H3N/c23-21(22-15-20(16-22)27-28(24,25)26)8-6-4-2-1-3-5-7-17-9-11-18(12-10-17)19-13-14-19;/h9-12,19-20H,1-8,13-16H2,(H2,24,25,26);1H3. The molecule has 1 saturated heterocycles. The number of phosphoric acid groups is 1. The summed E-state index contributed by atoms with van der Waals surface area (Å²) in [6.07, 6.45) is 10.6. The molecule has 1 amide bonds. The van der Waals surface area contributed by atoms with Crippen LogP contribution in [0.4, 0.5) is 0 Å². The van der Waals surface area contributed by atoms with Crippen LogP contribution in [0.15, 0.2) is 24.3 Å². The highest BCUT2D eigenvalue weighted by molar-refractivity contribution is 7.46. The topological polar surface area (TPSA) is 122 Å². The van der Waals surface area contributed by atoms with E-state index in [2.05, 4.69) is 28.8 Å². The van der Waals surface area contributed by atoms with E-state index in [1.807, 2.05) is 0 Å². The molecule has 1 saturated carbocycles. The second kappa shape index (κ2) is 11.2. The third-order valence-electron chi connectivity index (χ3n) is 5.62. The molecule has 2 fully saturated rings. The van der Waals surface area contributed by atoms with E-state index < -0.39 is 13.9 Å². The Hall–Kier alpha value is -1.24. The number of carbonyl (C=O) groups is 1. The molecular formula is C21H35N2O5P. The number of aryl methyl sites for hydroxylation is 1. The molecule has 8 heteroatoms. The molecule has 1 aromatic carbocycles. The SMILES string of the molecule is N.O=C(CCCCCCCCc1ccc(C2CC2)cc1)N1CC(OP(=O)(O)O)C1. The number of hydrogen-bond donors (Lipinski definition) is 3. The fraction of sp³-hybridized carbons (Fsp3) is 0.667. The Kier molecular flexibility index (Phi) is 9.31. The molecule has 0 atom stereocenters. The number of likely N-dealkylation sites (tertiary alicyclic amines) is 1. The highest BCUT2D eigenvalue weighted by atomic mass is 31.2. The van der Waals surface area contributed by atoms with Crippen LogP contribution >= 0.6 is 7.82 Å². The Labute approximate surface area is 173 Å². The van der Waals surface area contributed by atoms with Gasteiger partial charge in [0.25, 0.3) is 0 Å². The first-order chi connectivity index (χ1) is 13.4. The number of rotatable bonds is 12. The van der Waals surface area contributed by atoms with Crippen molar-refractivity contribution in [1.82, 2.24) is 11.1 Å². The van der Waals surface area contributed by atoms with Crippen LogP contribution in [-0.2, 0) is 20.3 Å². The van der Waals surface area contributed by atoms with E-state index in [0.29, 0.717) is 6.42 Å². The summed E-state index contributed by atoms with van der Waals surface area (Å²) in [5, 5.41) is 0. The maximum absolute atomic E-state index is 12.0. The van der Waals surface area contributed by atoms with Gasteiger partial charge in [0.1, 0.15) is 6.10 Å². The Morgan fingerprint density at radius 3 is 2.17 bits per heavy atom. The molecule has 0 radical (unpaired) electrons. The number of hydrogen-bond acceptors (Lipinski definition) is 4. The molecule has 1 aromatic rings. The molecule has 0 spiro atoms. The van der Waals surface area contributed by atoms with Crippen molar-refractivity contribution in [3.63, 3.8) is 0 Å². The lowest BCUT2D eigenvalue weighted by Crippen LogP contribution is -2.54. The van der Waals surface area contributed by atoms with Crippen LogP contribution in [0.2, 0.25) is 0 Å². The molecule has 29 heavy (non-hydrogen) atoms. The molecule has 0 unspecified atom stereocenters. The molecule has 1 aliphatic carbocycles. The van der Waals surface area contributed by atoms with E-state index in [1.165, 1.54) is 43.2 Å². The average molecular weight is 426 g/mol. The molecular weight excluding hydrogens is 391 g/mol. The lowest BCUT2D eigenvalue weighted by atomic mass is 10.0. The number of nitrogens with zero attached hydrogens (tertiary/aromatic N) is 1. The van der Waals surface area contributed by atoms with E-state index in [0.717, 1.165) is 31.6 Å². The van der Waals surface area contributed by atoms with Crippen LogP contribution in [0.5, 0.6) is 0 Å². The highest BCUT2D eigenvalue weighted by Gasteiger charge is 2.35. The quantitative estimate of drug-likeness (QED) is 0.338. The summed E-state index contributed by atoms with van der Waals surface area (Å²) in [6, 6.07) is 9.15. The smallest absolute Gasteiger partial charge is 0.344 e. The summed E-state index contributed by atoms with van der Waals surface area (Å²) < 4.78 is 15.3. The molecule has 2 aliphatic rings. The predicted octanol–water partition coefficient (Wildman–Crippen LogP) is 4.32. The predicted molar refractivity (Wildman–Crippen MR) is 113 cm³/mol. The number of amides is 1. The monoisotopic (exact) mass is 426 g/mol. The van der Waals surface area contributed by atoms with Gasteiger partial charge < -0.3 is 20.8 Å². The summed E-state index contributed by atoms with van der Waals surface area (Å²) in [5.41, 5.74) is 2.94. The molecule has 7 nitrogen and oxygen atoms in total. The van der Waals surface area contributed by atoms with Gasteiger partial charge >= 0.3 is 7.82 Å². The molecule has 0 aromatic heterocycles. The molecule has 1 heterocycles. The zero-order valence-corrected chi connectivity index (χ0v) is 18.1. The Morgan fingerprint density at radius 1 is 1.00 bits per heavy atom. The third kappa shape index (κ3) is 8.57. The number of unbranched alkanes of at least 4 members (excludes halogenated alkanes) is 5. The van der Waals surface area contributed by atoms with Crippen molar-refractivity contribution >= 4 is 13.7 Å². The first-order valence-electron chi connectivity index (χ1n) is 10.5. The van der Waals surface area contributed by atoms with Gasteiger partial charge in [0.15, 0.2) is 0 Å². The van der Waals surface area contributed by atoms with Gasteiger partial charge in [-0.15, -0.1) is 0 Å². The summed E-state index contributed by atoms with van der Waals surface area (Å²) in [6.45, 7) is 0.567. The maximum Gasteiger partial charge on any atom is 0.469 e. The van der Waals surface area contributed by atoms with Crippen molar-refractivity contribution in [2.75, 3.05) is 13.1 Å². The minimum Gasteiger partial charge on any atom is -0.344 e. The van der Waals surface area contributed by atoms with E-state index in [1.54, 1.807) is 4.90 Å². The zero-order valence-electron chi connectivity index (χ0n) is 17.2. The summed E-state index contributed by atoms with van der Waals surface area (Å²) in [5.74, 6) is 0.886. The Morgan fingerprint density at radius 2 is 1.59 bits per heavy atom. The summed E-state index contributed by atoms with van der Waals surface area (Å²) in [7, 11) is -4.45. The first kappa shape index (κ1) is 24.0. The van der Waals surface area contributed by atoms with Gasteiger partial charge in [-0.3, -0.25) is 9.32 Å². The maximum atomic E-state index is 12.0. The van der Waals surface area contributed by atoms with Crippen LogP contribution in [0.3, 0.4) is 0 Å². The molecule has 3 rings (SSSR count). The van der Waals surface area contributed by atoms with Crippen molar-refractivity contribution in [1.29, 1.82) is 0 Å². The van der Waals surface area contributed by atoms with Crippen molar-refractivity contribution < 1.29 is 23.7 Å². The molecule has 5 N–H and O–H groups in total. The molecule has 1 aliphatic heterocycles. The Balaban J connectivity index is 0.00000300. The van der Waals surface area contributed by atoms with E-state index in [9.17, 15) is 9.36 Å². The third-order valence-corrected chi connectivity index (χ3v) is 6.19. The van der Waals surface area contributed by atoms with Crippen LogP contribution in [-0.4, -0.2) is 39.8 Å². The minimum atomic E-state index is -4.45. The van der Waals surface area contributed by atoms with Gasteiger partial charge in [0.05, 0.1) is 0 Å². The summed E-state index contributed by atoms with van der Waals surface area (Å²) in [4.78, 5) is 31.0. The number of carbonyl (C=O) groups excluding carboxylic acids is 1. The lowest BCUT2D eigenvalue weighted by molar-refractivity contribution is -0.140. The first-order valence-corrected chi connectivity index (χ1v) is 12.0. The van der Waals surface area contributed by atoms with Crippen molar-refractivity contribution in [2.45, 2.75) is 76.2 Å². The minimum absolute atomic E-state index is 0. The molecule has 164 valence electrons. The van der Waals surface area contributed by atoms with Gasteiger partial charge in [-0.2, -0.15) is 0 Å². The van der Waals surface area contributed by atoms with Crippen molar-refractivity contribution in [2.24, 2.45) is 0 Å². The van der Waals surface area contributed by atoms with Crippen molar-refractivity contribution in [3.05, 3.63) is 35.4 Å². The van der Waals surface area contributed by atoms with Gasteiger partial charge in [0.2, 0.25) is 5.91 Å². The van der Waals surface area contributed by atoms with Gasteiger partial charge in [-0.1, -0.05) is 49.9 Å². The average Bonchev–Trinajstić information content (AvgIpc) is 3.44. The highest BCUT2D eigenvalue weighted by Crippen LogP contribution is 2.40. The lowest BCUT2D eigenvalue weighted by Gasteiger charge is -2.38. The van der Waals surface area contributed by atoms with Crippen LogP contribution < -0.4 is 6.15 Å². The summed E-state index contributed by atoms with van der Waals surface area (Å²) >= 11 is 0. The normalized spacial score (nSPS) is 17.0. The molecule has 0 bridgehead atoms. The largest absolute Gasteiger partial charge is 0.469 e. The Bertz CT molecular complexity index is 681. The van der Waals surface area contributed by atoms with Crippen molar-refractivity contribution in [3.8, 4) is 0 Å². The number of benzene rings is 1. The number of phosphoric ester groups is 1. The van der Waals surface area contributed by atoms with E-state index in [-0.39, 0.29) is 25.1 Å². The van der Waals surface area contributed by atoms with Crippen LogP contribution in [0.25, 0.3) is 0 Å². The fourth-order valence-corrected chi connectivity index (χ4v) is 4.27. The van der Waals surface area contributed by atoms with Gasteiger partial charge in [0, 0.05) is 19.5 Å². The van der Waals surface area contributed by atoms with E-state index in [4.69, 9.17) is 9.79 Å². The van der Waals surface area contributed by atoms with Crippen LogP contribution in [0.1, 0.15) is 74.8 Å². The zero-order chi connectivity index (χ0) is 20.0. The van der Waals surface area contributed by atoms with Crippen LogP contribution in [0, 0.1) is 0 Å². The second-order valence-electron chi connectivity index (χ2n) is 8.15. The van der Waals surface area contributed by atoms with Gasteiger partial charge in [-0.05, 0) is 49.1 Å². The second-order valence-corrected chi connectivity index (χ2v) is 9.35.